The number of fused-ring (bicyclic) bond motifs is 1. The molecule has 5 nitrogen and oxygen atoms in total. The van der Waals surface area contributed by atoms with E-state index in [-0.39, 0.29) is 18.7 Å². The van der Waals surface area contributed by atoms with Crippen molar-refractivity contribution in [3.63, 3.8) is 0 Å². The predicted molar refractivity (Wildman–Crippen MR) is 124 cm³/mol. The Balaban J connectivity index is 1.25. The zero-order valence-corrected chi connectivity index (χ0v) is 17.9. The van der Waals surface area contributed by atoms with E-state index in [0.717, 1.165) is 30.2 Å². The average Bonchev–Trinajstić information content (AvgIpc) is 3.33. The molecule has 3 aromatic rings. The third-order valence-corrected chi connectivity index (χ3v) is 6.04. The molecular weight excluding hydrogens is 400 g/mol. The highest BCUT2D eigenvalue weighted by molar-refractivity contribution is 5.92. The third-order valence-electron chi connectivity index (χ3n) is 6.04. The molecule has 0 spiro atoms. The van der Waals surface area contributed by atoms with Gasteiger partial charge >= 0.3 is 0 Å². The van der Waals surface area contributed by atoms with E-state index in [2.05, 4.69) is 65.6 Å². The van der Waals surface area contributed by atoms with Gasteiger partial charge in [-0.1, -0.05) is 66.7 Å². The minimum atomic E-state index is 0.0401. The Hall–Kier alpha value is -3.57. The van der Waals surface area contributed by atoms with Crippen LogP contribution >= 0.6 is 0 Å². The Morgan fingerprint density at radius 1 is 0.781 bits per heavy atom. The fraction of sp³-hybridized carbons (Fsp3) is 0.222. The number of carbonyl (C=O) groups is 1. The highest BCUT2D eigenvalue weighted by Crippen LogP contribution is 2.33. The lowest BCUT2D eigenvalue weighted by Gasteiger charge is -2.39. The zero-order valence-electron chi connectivity index (χ0n) is 17.9. The second-order valence-corrected chi connectivity index (χ2v) is 8.03. The molecule has 0 radical (unpaired) electrons. The average molecular weight is 427 g/mol. The molecule has 0 aromatic heterocycles. The van der Waals surface area contributed by atoms with Crippen LogP contribution in [-0.2, 0) is 4.79 Å². The van der Waals surface area contributed by atoms with Gasteiger partial charge in [0.15, 0.2) is 11.5 Å². The molecule has 2 aliphatic rings. The normalized spacial score (nSPS) is 16.1. The number of ether oxygens (including phenoxy) is 2. The standard InChI is InChI=1S/C27H26N2O3/c30-26(14-12-21-11-13-24-25(19-21)32-20-31-24)28-15-17-29(18-16-28)27(22-7-3-1-4-8-22)23-9-5-2-6-10-23/h1-14,19,27H,15-18,20H2/b14-12+. The van der Waals surface area contributed by atoms with Crippen LogP contribution in [0.3, 0.4) is 0 Å². The summed E-state index contributed by atoms with van der Waals surface area (Å²) in [6.07, 6.45) is 3.49. The third kappa shape index (κ3) is 4.39. The summed E-state index contributed by atoms with van der Waals surface area (Å²) in [6.45, 7) is 3.33. The van der Waals surface area contributed by atoms with Crippen LogP contribution in [0.25, 0.3) is 6.08 Å². The van der Waals surface area contributed by atoms with Crippen molar-refractivity contribution in [3.8, 4) is 11.5 Å². The lowest BCUT2D eigenvalue weighted by Crippen LogP contribution is -2.49. The van der Waals surface area contributed by atoms with E-state index in [1.807, 2.05) is 29.2 Å². The Morgan fingerprint density at radius 3 is 2.06 bits per heavy atom. The van der Waals surface area contributed by atoms with Gasteiger partial charge in [-0.25, -0.2) is 0 Å². The van der Waals surface area contributed by atoms with Crippen LogP contribution in [0.5, 0.6) is 11.5 Å². The maximum atomic E-state index is 12.8. The van der Waals surface area contributed by atoms with Gasteiger partial charge in [0, 0.05) is 32.3 Å². The number of hydrogen-bond donors (Lipinski definition) is 0. The van der Waals surface area contributed by atoms with E-state index in [1.54, 1.807) is 6.08 Å². The van der Waals surface area contributed by atoms with Gasteiger partial charge in [0.25, 0.3) is 0 Å². The predicted octanol–water partition coefficient (Wildman–Crippen LogP) is 4.36. The molecular formula is C27H26N2O3. The molecule has 1 fully saturated rings. The molecule has 0 N–H and O–H groups in total. The van der Waals surface area contributed by atoms with Crippen molar-refractivity contribution in [1.29, 1.82) is 0 Å². The Morgan fingerprint density at radius 2 is 1.41 bits per heavy atom. The summed E-state index contributed by atoms with van der Waals surface area (Å²) >= 11 is 0. The summed E-state index contributed by atoms with van der Waals surface area (Å²) in [5.41, 5.74) is 3.48. The molecule has 0 atom stereocenters. The van der Waals surface area contributed by atoms with Crippen LogP contribution in [-0.4, -0.2) is 48.7 Å². The molecule has 1 amide bonds. The van der Waals surface area contributed by atoms with E-state index in [1.165, 1.54) is 11.1 Å². The summed E-state index contributed by atoms with van der Waals surface area (Å²) in [4.78, 5) is 17.2. The second-order valence-electron chi connectivity index (χ2n) is 8.03. The number of nitrogens with zero attached hydrogens (tertiary/aromatic N) is 2. The molecule has 2 heterocycles. The summed E-state index contributed by atoms with van der Waals surface area (Å²) in [5, 5.41) is 0. The first kappa shape index (κ1) is 20.3. The van der Waals surface area contributed by atoms with Crippen molar-refractivity contribution in [2.75, 3.05) is 33.0 Å². The first-order valence-electron chi connectivity index (χ1n) is 11.0. The van der Waals surface area contributed by atoms with Gasteiger partial charge in [0.2, 0.25) is 12.7 Å². The lowest BCUT2D eigenvalue weighted by atomic mass is 9.96. The van der Waals surface area contributed by atoms with Crippen molar-refractivity contribution in [1.82, 2.24) is 9.80 Å². The molecule has 3 aromatic carbocycles. The van der Waals surface area contributed by atoms with Gasteiger partial charge in [-0.05, 0) is 34.9 Å². The molecule has 2 aliphatic heterocycles. The van der Waals surface area contributed by atoms with Crippen LogP contribution in [0, 0.1) is 0 Å². The van der Waals surface area contributed by atoms with Crippen LogP contribution in [0.1, 0.15) is 22.7 Å². The SMILES string of the molecule is O=C(/C=C/c1ccc2c(c1)OCO2)N1CCN(C(c2ccccc2)c2ccccc2)CC1. The summed E-state index contributed by atoms with van der Waals surface area (Å²) in [6, 6.07) is 27.1. The van der Waals surface area contributed by atoms with Crippen molar-refractivity contribution in [3.05, 3.63) is 102 Å². The molecule has 5 rings (SSSR count). The number of hydrogen-bond acceptors (Lipinski definition) is 4. The maximum Gasteiger partial charge on any atom is 0.246 e. The Labute approximate surface area is 188 Å². The fourth-order valence-electron chi connectivity index (χ4n) is 4.37. The number of benzene rings is 3. The minimum absolute atomic E-state index is 0.0401. The first-order chi connectivity index (χ1) is 15.8. The zero-order chi connectivity index (χ0) is 21.8. The Kier molecular flexibility index (Phi) is 5.90. The molecule has 1 saturated heterocycles. The van der Waals surface area contributed by atoms with E-state index in [4.69, 9.17) is 9.47 Å². The van der Waals surface area contributed by atoms with Crippen LogP contribution in [0.2, 0.25) is 0 Å². The van der Waals surface area contributed by atoms with Gasteiger partial charge < -0.3 is 14.4 Å². The lowest BCUT2D eigenvalue weighted by molar-refractivity contribution is -0.127. The van der Waals surface area contributed by atoms with E-state index >= 15 is 0 Å². The molecule has 0 unspecified atom stereocenters. The van der Waals surface area contributed by atoms with Gasteiger partial charge in [0.1, 0.15) is 0 Å². The van der Waals surface area contributed by atoms with E-state index in [9.17, 15) is 4.79 Å². The first-order valence-corrected chi connectivity index (χ1v) is 11.0. The van der Waals surface area contributed by atoms with Crippen molar-refractivity contribution in [2.45, 2.75) is 6.04 Å². The van der Waals surface area contributed by atoms with Crippen molar-refractivity contribution in [2.24, 2.45) is 0 Å². The summed E-state index contributed by atoms with van der Waals surface area (Å²) < 4.78 is 10.8. The number of carbonyl (C=O) groups excluding carboxylic acids is 1. The van der Waals surface area contributed by atoms with Gasteiger partial charge in [-0.2, -0.15) is 0 Å². The summed E-state index contributed by atoms with van der Waals surface area (Å²) in [5.74, 6) is 1.51. The van der Waals surface area contributed by atoms with Gasteiger partial charge in [-0.15, -0.1) is 0 Å². The van der Waals surface area contributed by atoms with Crippen molar-refractivity contribution >= 4 is 12.0 Å². The van der Waals surface area contributed by atoms with Crippen LogP contribution in [0.4, 0.5) is 0 Å². The van der Waals surface area contributed by atoms with Crippen LogP contribution < -0.4 is 9.47 Å². The second kappa shape index (κ2) is 9.28. The van der Waals surface area contributed by atoms with Gasteiger partial charge in [-0.3, -0.25) is 9.69 Å². The quantitative estimate of drug-likeness (QED) is 0.569. The smallest absolute Gasteiger partial charge is 0.246 e. The van der Waals surface area contributed by atoms with Gasteiger partial charge in [0.05, 0.1) is 6.04 Å². The van der Waals surface area contributed by atoms with E-state index < -0.39 is 0 Å². The van der Waals surface area contributed by atoms with Crippen LogP contribution in [0.15, 0.2) is 84.9 Å². The minimum Gasteiger partial charge on any atom is -0.454 e. The molecule has 32 heavy (non-hydrogen) atoms. The topological polar surface area (TPSA) is 42.0 Å². The highest BCUT2D eigenvalue weighted by Gasteiger charge is 2.27. The summed E-state index contributed by atoms with van der Waals surface area (Å²) in [7, 11) is 0. The maximum absolute atomic E-state index is 12.8. The Bertz CT molecular complexity index is 1050. The molecule has 162 valence electrons. The largest absolute Gasteiger partial charge is 0.454 e. The monoisotopic (exact) mass is 426 g/mol. The highest BCUT2D eigenvalue weighted by atomic mass is 16.7. The fourth-order valence-corrected chi connectivity index (χ4v) is 4.37. The number of piperazine rings is 1. The number of rotatable bonds is 5. The molecule has 0 bridgehead atoms. The number of amides is 1. The molecule has 0 saturated carbocycles. The van der Waals surface area contributed by atoms with Crippen molar-refractivity contribution < 1.29 is 14.3 Å². The molecule has 0 aliphatic carbocycles. The van der Waals surface area contributed by atoms with E-state index in [0.29, 0.717) is 13.1 Å². The molecule has 5 heteroatoms.